The van der Waals surface area contributed by atoms with Crippen LogP contribution in [0.5, 0.6) is 5.75 Å². The van der Waals surface area contributed by atoms with Gasteiger partial charge in [0, 0.05) is 18.0 Å². The van der Waals surface area contributed by atoms with E-state index in [0.29, 0.717) is 6.54 Å². The van der Waals surface area contributed by atoms with Crippen molar-refractivity contribution in [2.45, 2.75) is 25.4 Å². The minimum absolute atomic E-state index is 0.186. The molecule has 21 heavy (non-hydrogen) atoms. The van der Waals surface area contributed by atoms with Crippen molar-refractivity contribution in [1.29, 1.82) is 0 Å². The van der Waals surface area contributed by atoms with E-state index in [9.17, 15) is 5.11 Å². The van der Waals surface area contributed by atoms with Gasteiger partial charge in [-0.2, -0.15) is 0 Å². The molecule has 0 amide bonds. The molecule has 0 radical (unpaired) electrons. The quantitative estimate of drug-likeness (QED) is 0.857. The van der Waals surface area contributed by atoms with Gasteiger partial charge < -0.3 is 15.6 Å². The maximum Gasteiger partial charge on any atom is 0.122 e. The first-order valence-electron chi connectivity index (χ1n) is 7.31. The first-order valence-corrected chi connectivity index (χ1v) is 7.31. The first kappa shape index (κ1) is 15.5. The molecule has 0 aliphatic rings. The van der Waals surface area contributed by atoms with Gasteiger partial charge in [0.25, 0.3) is 0 Å². The van der Waals surface area contributed by atoms with Gasteiger partial charge in [-0.3, -0.25) is 0 Å². The zero-order valence-electron chi connectivity index (χ0n) is 12.6. The zero-order chi connectivity index (χ0) is 15.2. The molecule has 3 N–H and O–H groups in total. The van der Waals surface area contributed by atoms with Crippen LogP contribution in [-0.2, 0) is 6.42 Å². The van der Waals surface area contributed by atoms with E-state index in [-0.39, 0.29) is 5.92 Å². The molecule has 0 heterocycles. The van der Waals surface area contributed by atoms with Gasteiger partial charge in [-0.25, -0.2) is 0 Å². The average Bonchev–Trinajstić information content (AvgIpc) is 2.56. The lowest BCUT2D eigenvalue weighted by atomic mass is 9.88. The summed E-state index contributed by atoms with van der Waals surface area (Å²) in [5, 5.41) is 10.7. The molecule has 3 heteroatoms. The number of benzene rings is 2. The highest BCUT2D eigenvalue weighted by Crippen LogP contribution is 2.35. The predicted octanol–water partition coefficient (Wildman–Crippen LogP) is 3.03. The number of aryl methyl sites for hydroxylation is 1. The molecule has 2 rings (SSSR count). The monoisotopic (exact) mass is 285 g/mol. The molecule has 0 aliphatic carbocycles. The summed E-state index contributed by atoms with van der Waals surface area (Å²) in [4.78, 5) is 0. The fourth-order valence-electron chi connectivity index (χ4n) is 2.58. The normalized spacial score (nSPS) is 13.7. The summed E-state index contributed by atoms with van der Waals surface area (Å²) in [6, 6.07) is 15.8. The van der Waals surface area contributed by atoms with Crippen LogP contribution >= 0.6 is 0 Å². The maximum atomic E-state index is 10.7. The second-order valence-corrected chi connectivity index (χ2v) is 5.12. The number of hydrogen-bond donors (Lipinski definition) is 2. The first-order chi connectivity index (χ1) is 10.2. The van der Waals surface area contributed by atoms with Gasteiger partial charge in [0.15, 0.2) is 0 Å². The Hall–Kier alpha value is -1.84. The molecule has 2 aromatic rings. The molecule has 3 nitrogen and oxygen atoms in total. The van der Waals surface area contributed by atoms with Gasteiger partial charge in [0.2, 0.25) is 0 Å². The molecule has 2 unspecified atom stereocenters. The summed E-state index contributed by atoms with van der Waals surface area (Å²) < 4.78 is 5.38. The van der Waals surface area contributed by atoms with Crippen molar-refractivity contribution in [3.8, 4) is 5.75 Å². The minimum atomic E-state index is -0.641. The van der Waals surface area contributed by atoms with Crippen molar-refractivity contribution in [3.63, 3.8) is 0 Å². The van der Waals surface area contributed by atoms with Crippen molar-refractivity contribution in [2.75, 3.05) is 13.7 Å². The third-order valence-corrected chi connectivity index (χ3v) is 3.90. The van der Waals surface area contributed by atoms with Crippen molar-refractivity contribution in [3.05, 3.63) is 65.2 Å². The summed E-state index contributed by atoms with van der Waals surface area (Å²) in [6.45, 7) is 2.47. The Morgan fingerprint density at radius 2 is 1.76 bits per heavy atom. The number of hydrogen-bond acceptors (Lipinski definition) is 3. The molecule has 112 valence electrons. The number of ether oxygens (including phenoxy) is 1. The highest BCUT2D eigenvalue weighted by molar-refractivity contribution is 5.39. The van der Waals surface area contributed by atoms with Gasteiger partial charge in [-0.05, 0) is 23.6 Å². The molecule has 0 aromatic heterocycles. The standard InChI is InChI=1S/C18H23NO2/c1-3-13-8-10-14(11-9-13)18(20)16(12-19)15-6-4-5-7-17(15)21-2/h4-11,16,18,20H,3,12,19H2,1-2H3. The van der Waals surface area contributed by atoms with Gasteiger partial charge in [-0.15, -0.1) is 0 Å². The van der Waals surface area contributed by atoms with Crippen molar-refractivity contribution < 1.29 is 9.84 Å². The van der Waals surface area contributed by atoms with E-state index in [1.165, 1.54) is 5.56 Å². The van der Waals surface area contributed by atoms with Crippen LogP contribution in [0.4, 0.5) is 0 Å². The van der Waals surface area contributed by atoms with Crippen LogP contribution in [0.1, 0.15) is 35.6 Å². The largest absolute Gasteiger partial charge is 0.496 e. The summed E-state index contributed by atoms with van der Waals surface area (Å²) >= 11 is 0. The van der Waals surface area contributed by atoms with Crippen LogP contribution in [0.2, 0.25) is 0 Å². The Bertz CT molecular complexity index is 566. The van der Waals surface area contributed by atoms with Crippen LogP contribution in [0.25, 0.3) is 0 Å². The fourth-order valence-corrected chi connectivity index (χ4v) is 2.58. The minimum Gasteiger partial charge on any atom is -0.496 e. The number of aliphatic hydroxyl groups excluding tert-OH is 1. The third-order valence-electron chi connectivity index (χ3n) is 3.90. The van der Waals surface area contributed by atoms with E-state index in [4.69, 9.17) is 10.5 Å². The van der Waals surface area contributed by atoms with Crippen LogP contribution < -0.4 is 10.5 Å². The number of para-hydroxylation sites is 1. The number of methoxy groups -OCH3 is 1. The van der Waals surface area contributed by atoms with E-state index in [1.54, 1.807) is 7.11 Å². The third kappa shape index (κ3) is 3.43. The van der Waals surface area contributed by atoms with Crippen molar-refractivity contribution >= 4 is 0 Å². The Labute approximate surface area is 126 Å². The second-order valence-electron chi connectivity index (χ2n) is 5.12. The van der Waals surface area contributed by atoms with Crippen LogP contribution in [0.3, 0.4) is 0 Å². The molecule has 2 atom stereocenters. The molecular formula is C18H23NO2. The van der Waals surface area contributed by atoms with Crippen molar-refractivity contribution in [1.82, 2.24) is 0 Å². The summed E-state index contributed by atoms with van der Waals surface area (Å²) in [5.41, 5.74) is 8.99. The summed E-state index contributed by atoms with van der Waals surface area (Å²) in [6.07, 6.45) is 0.348. The van der Waals surface area contributed by atoms with Crippen LogP contribution in [-0.4, -0.2) is 18.8 Å². The molecule has 2 aromatic carbocycles. The summed E-state index contributed by atoms with van der Waals surface area (Å²) in [7, 11) is 1.63. The molecule has 0 saturated carbocycles. The Balaban J connectivity index is 2.31. The molecule has 0 spiro atoms. The Kier molecular flexibility index (Phi) is 5.37. The molecule has 0 aliphatic heterocycles. The van der Waals surface area contributed by atoms with E-state index in [1.807, 2.05) is 48.5 Å². The Morgan fingerprint density at radius 3 is 2.33 bits per heavy atom. The van der Waals surface area contributed by atoms with Gasteiger partial charge in [0.1, 0.15) is 5.75 Å². The average molecular weight is 285 g/mol. The van der Waals surface area contributed by atoms with E-state index in [2.05, 4.69) is 6.92 Å². The highest BCUT2D eigenvalue weighted by atomic mass is 16.5. The van der Waals surface area contributed by atoms with Crippen LogP contribution in [0.15, 0.2) is 48.5 Å². The van der Waals surface area contributed by atoms with Crippen LogP contribution in [0, 0.1) is 0 Å². The summed E-state index contributed by atoms with van der Waals surface area (Å²) in [5.74, 6) is 0.575. The zero-order valence-corrected chi connectivity index (χ0v) is 12.6. The molecule has 0 fully saturated rings. The Morgan fingerprint density at radius 1 is 1.10 bits per heavy atom. The van der Waals surface area contributed by atoms with E-state index < -0.39 is 6.10 Å². The molecular weight excluding hydrogens is 262 g/mol. The van der Waals surface area contributed by atoms with Crippen molar-refractivity contribution in [2.24, 2.45) is 5.73 Å². The second kappa shape index (κ2) is 7.25. The lowest BCUT2D eigenvalue weighted by Gasteiger charge is -2.24. The smallest absolute Gasteiger partial charge is 0.122 e. The van der Waals surface area contributed by atoms with Gasteiger partial charge in [-0.1, -0.05) is 49.4 Å². The number of rotatable bonds is 6. The fraction of sp³-hybridized carbons (Fsp3) is 0.333. The van der Waals surface area contributed by atoms with Gasteiger partial charge >= 0.3 is 0 Å². The van der Waals surface area contributed by atoms with E-state index in [0.717, 1.165) is 23.3 Å². The lowest BCUT2D eigenvalue weighted by Crippen LogP contribution is -2.20. The predicted molar refractivity (Wildman–Crippen MR) is 85.6 cm³/mol. The molecule has 0 saturated heterocycles. The number of aliphatic hydroxyl groups is 1. The maximum absolute atomic E-state index is 10.7. The topological polar surface area (TPSA) is 55.5 Å². The number of nitrogens with two attached hydrogens (primary N) is 1. The SMILES string of the molecule is CCc1ccc(C(O)C(CN)c2ccccc2OC)cc1. The molecule has 0 bridgehead atoms. The lowest BCUT2D eigenvalue weighted by molar-refractivity contribution is 0.146. The van der Waals surface area contributed by atoms with E-state index >= 15 is 0 Å². The highest BCUT2D eigenvalue weighted by Gasteiger charge is 2.24. The van der Waals surface area contributed by atoms with Gasteiger partial charge in [0.05, 0.1) is 13.2 Å².